The molecule has 0 atom stereocenters. The molecular formula is C11H7ClFNO5. The van der Waals surface area contributed by atoms with Gasteiger partial charge in [-0.3, -0.25) is 0 Å². The zero-order chi connectivity index (χ0) is 14.2. The summed E-state index contributed by atoms with van der Waals surface area (Å²) < 4.78 is 23.4. The van der Waals surface area contributed by atoms with Crippen LogP contribution in [0.1, 0.15) is 10.5 Å². The highest BCUT2D eigenvalue weighted by atomic mass is 35.5. The molecule has 2 aromatic rings. The topological polar surface area (TPSA) is 92.8 Å². The number of carbonyl (C=O) groups is 1. The Kier molecular flexibility index (Phi) is 3.30. The van der Waals surface area contributed by atoms with Crippen LogP contribution in [-0.4, -0.2) is 28.4 Å². The van der Waals surface area contributed by atoms with E-state index >= 15 is 0 Å². The number of aromatic nitrogens is 1. The number of hydrogen-bond acceptors (Lipinski definition) is 5. The lowest BCUT2D eigenvalue weighted by Gasteiger charge is -2.09. The predicted molar refractivity (Wildman–Crippen MR) is 62.1 cm³/mol. The van der Waals surface area contributed by atoms with Crippen LogP contribution in [-0.2, 0) is 0 Å². The van der Waals surface area contributed by atoms with Crippen molar-refractivity contribution in [2.75, 3.05) is 7.11 Å². The summed E-state index contributed by atoms with van der Waals surface area (Å²) in [7, 11) is 1.26. The molecule has 0 aliphatic heterocycles. The maximum Gasteiger partial charge on any atom is 0.358 e. The number of rotatable bonds is 3. The van der Waals surface area contributed by atoms with Crippen LogP contribution in [0.2, 0.25) is 5.02 Å². The van der Waals surface area contributed by atoms with E-state index in [9.17, 15) is 14.3 Å². The average Bonchev–Trinajstić information content (AvgIpc) is 2.83. The van der Waals surface area contributed by atoms with E-state index in [1.165, 1.54) is 7.11 Å². The van der Waals surface area contributed by atoms with Crippen molar-refractivity contribution in [3.8, 4) is 22.8 Å². The Morgan fingerprint density at radius 2 is 2.21 bits per heavy atom. The number of phenolic OH excluding ortho intramolecular Hbond substituents is 1. The van der Waals surface area contributed by atoms with Gasteiger partial charge in [-0.2, -0.15) is 0 Å². The molecule has 2 N–H and O–H groups in total. The first-order chi connectivity index (χ1) is 8.95. The number of methoxy groups -OCH3 is 1. The largest absolute Gasteiger partial charge is 0.504 e. The van der Waals surface area contributed by atoms with E-state index in [1.807, 2.05) is 0 Å². The van der Waals surface area contributed by atoms with Crippen LogP contribution >= 0.6 is 11.6 Å². The van der Waals surface area contributed by atoms with Crippen LogP contribution in [0.3, 0.4) is 0 Å². The molecule has 0 bridgehead atoms. The second kappa shape index (κ2) is 4.77. The molecule has 1 aromatic heterocycles. The van der Waals surface area contributed by atoms with Gasteiger partial charge in [-0.15, -0.1) is 0 Å². The summed E-state index contributed by atoms with van der Waals surface area (Å²) in [5.41, 5.74) is -0.836. The van der Waals surface area contributed by atoms with Crippen molar-refractivity contribution < 1.29 is 28.7 Å². The molecule has 8 heteroatoms. The second-order valence-electron chi connectivity index (χ2n) is 3.48. The Labute approximate surface area is 111 Å². The average molecular weight is 288 g/mol. The molecule has 0 radical (unpaired) electrons. The van der Waals surface area contributed by atoms with E-state index in [0.29, 0.717) is 0 Å². The Morgan fingerprint density at radius 1 is 1.53 bits per heavy atom. The Bertz CT molecular complexity index is 655. The number of hydrogen-bond donors (Lipinski definition) is 2. The van der Waals surface area contributed by atoms with Crippen molar-refractivity contribution in [1.82, 2.24) is 5.16 Å². The third-order valence-electron chi connectivity index (χ3n) is 2.35. The van der Waals surface area contributed by atoms with Crippen LogP contribution in [0, 0.1) is 5.82 Å². The fourth-order valence-electron chi connectivity index (χ4n) is 1.47. The van der Waals surface area contributed by atoms with Gasteiger partial charge in [0, 0.05) is 12.1 Å². The number of aromatic hydroxyl groups is 1. The van der Waals surface area contributed by atoms with Crippen LogP contribution in [0.25, 0.3) is 11.3 Å². The number of benzene rings is 1. The predicted octanol–water partition coefficient (Wildman–Crippen LogP) is 2.55. The SMILES string of the molecule is COc1cc(Cl)c(F)c(-c2cc(C(=O)O)no2)c1O. The van der Waals surface area contributed by atoms with E-state index in [1.54, 1.807) is 0 Å². The molecule has 0 unspecified atom stereocenters. The molecule has 1 heterocycles. The highest BCUT2D eigenvalue weighted by Crippen LogP contribution is 2.42. The maximum atomic E-state index is 13.9. The van der Waals surface area contributed by atoms with Gasteiger partial charge in [0.1, 0.15) is 5.56 Å². The second-order valence-corrected chi connectivity index (χ2v) is 3.89. The summed E-state index contributed by atoms with van der Waals surface area (Å²) in [6.45, 7) is 0. The maximum absolute atomic E-state index is 13.9. The van der Waals surface area contributed by atoms with Crippen molar-refractivity contribution in [3.63, 3.8) is 0 Å². The van der Waals surface area contributed by atoms with Gasteiger partial charge in [0.25, 0.3) is 0 Å². The highest BCUT2D eigenvalue weighted by molar-refractivity contribution is 6.31. The summed E-state index contributed by atoms with van der Waals surface area (Å²) in [6.07, 6.45) is 0. The minimum absolute atomic E-state index is 0.0744. The van der Waals surface area contributed by atoms with Gasteiger partial charge in [0.15, 0.2) is 28.8 Å². The van der Waals surface area contributed by atoms with E-state index in [0.717, 1.165) is 12.1 Å². The molecule has 100 valence electrons. The van der Waals surface area contributed by atoms with Gasteiger partial charge in [-0.25, -0.2) is 9.18 Å². The van der Waals surface area contributed by atoms with Crippen LogP contribution in [0.5, 0.6) is 11.5 Å². The molecule has 0 spiro atoms. The Hall–Kier alpha value is -2.28. The third kappa shape index (κ3) is 2.19. The fraction of sp³-hybridized carbons (Fsp3) is 0.0909. The molecule has 0 saturated carbocycles. The van der Waals surface area contributed by atoms with Crippen molar-refractivity contribution in [2.45, 2.75) is 0 Å². The zero-order valence-electron chi connectivity index (χ0n) is 9.48. The minimum atomic E-state index is -1.34. The van der Waals surface area contributed by atoms with Gasteiger partial charge in [-0.1, -0.05) is 16.8 Å². The number of carboxylic acids is 1. The van der Waals surface area contributed by atoms with Crippen LogP contribution in [0.15, 0.2) is 16.7 Å². The highest BCUT2D eigenvalue weighted by Gasteiger charge is 2.23. The van der Waals surface area contributed by atoms with Crippen molar-refractivity contribution in [3.05, 3.63) is 28.7 Å². The van der Waals surface area contributed by atoms with Gasteiger partial charge >= 0.3 is 5.97 Å². The van der Waals surface area contributed by atoms with E-state index in [4.69, 9.17) is 21.4 Å². The van der Waals surface area contributed by atoms with Gasteiger partial charge in [-0.05, 0) is 0 Å². The van der Waals surface area contributed by atoms with Crippen LogP contribution in [0.4, 0.5) is 4.39 Å². The normalized spacial score (nSPS) is 10.5. The fourth-order valence-corrected chi connectivity index (χ4v) is 1.66. The quantitative estimate of drug-likeness (QED) is 0.901. The summed E-state index contributed by atoms with van der Waals surface area (Å²) in [5, 5.41) is 21.5. The number of aromatic carboxylic acids is 1. The lowest BCUT2D eigenvalue weighted by atomic mass is 10.1. The lowest BCUT2D eigenvalue weighted by molar-refractivity contribution is 0.0686. The first-order valence-electron chi connectivity index (χ1n) is 4.91. The van der Waals surface area contributed by atoms with E-state index < -0.39 is 28.8 Å². The first-order valence-corrected chi connectivity index (χ1v) is 5.28. The number of ether oxygens (including phenoxy) is 1. The Balaban J connectivity index is 2.66. The summed E-state index contributed by atoms with van der Waals surface area (Å²) in [5.74, 6) is -3.21. The molecule has 0 saturated heterocycles. The smallest absolute Gasteiger partial charge is 0.358 e. The summed E-state index contributed by atoms with van der Waals surface area (Å²) in [6, 6.07) is 2.06. The molecule has 6 nitrogen and oxygen atoms in total. The van der Waals surface area contributed by atoms with Crippen molar-refractivity contribution in [1.29, 1.82) is 0 Å². The standard InChI is InChI=1S/C11H7ClFNO5/c1-18-7-2-4(12)9(13)8(10(7)15)6-3-5(11(16)17)14-19-6/h2-3,15H,1H3,(H,16,17). The number of phenols is 1. The van der Waals surface area contributed by atoms with E-state index in [-0.39, 0.29) is 16.5 Å². The molecule has 0 aliphatic rings. The minimum Gasteiger partial charge on any atom is -0.504 e. The molecular weight excluding hydrogens is 281 g/mol. The van der Waals surface area contributed by atoms with Crippen molar-refractivity contribution in [2.24, 2.45) is 0 Å². The number of carboxylic acid groups (broad SMARTS) is 1. The Morgan fingerprint density at radius 3 is 2.74 bits per heavy atom. The molecule has 1 aromatic carbocycles. The van der Waals surface area contributed by atoms with Gasteiger partial charge < -0.3 is 19.5 Å². The molecule has 0 fully saturated rings. The number of nitrogens with zero attached hydrogens (tertiary/aromatic N) is 1. The van der Waals surface area contributed by atoms with Gasteiger partial charge in [0.05, 0.1) is 12.1 Å². The third-order valence-corrected chi connectivity index (χ3v) is 2.63. The van der Waals surface area contributed by atoms with Gasteiger partial charge in [0.2, 0.25) is 0 Å². The van der Waals surface area contributed by atoms with Crippen LogP contribution < -0.4 is 4.74 Å². The monoisotopic (exact) mass is 287 g/mol. The summed E-state index contributed by atoms with van der Waals surface area (Å²) in [4.78, 5) is 10.7. The number of halogens is 2. The molecule has 0 amide bonds. The zero-order valence-corrected chi connectivity index (χ0v) is 10.2. The molecule has 19 heavy (non-hydrogen) atoms. The first kappa shape index (κ1) is 13.2. The molecule has 2 rings (SSSR count). The van der Waals surface area contributed by atoms with Crippen molar-refractivity contribution >= 4 is 17.6 Å². The summed E-state index contributed by atoms with van der Waals surface area (Å²) >= 11 is 5.64. The van der Waals surface area contributed by atoms with E-state index in [2.05, 4.69) is 9.68 Å². The lowest BCUT2D eigenvalue weighted by Crippen LogP contribution is -1.94. The molecule has 0 aliphatic carbocycles.